The van der Waals surface area contributed by atoms with Crippen LogP contribution < -0.4 is 0 Å². The maximum absolute atomic E-state index is 12.5. The molecule has 0 N–H and O–H groups in total. The number of hydrogen-bond acceptors (Lipinski definition) is 4. The first-order valence-corrected chi connectivity index (χ1v) is 10.4. The lowest BCUT2D eigenvalue weighted by atomic mass is 10.1. The third-order valence-corrected chi connectivity index (χ3v) is 6.19. The molecule has 0 aliphatic carbocycles. The lowest BCUT2D eigenvalue weighted by molar-refractivity contribution is 0.594. The van der Waals surface area contributed by atoms with Crippen LogP contribution in [0.2, 0.25) is 0 Å². The summed E-state index contributed by atoms with van der Waals surface area (Å²) in [4.78, 5) is 4.49. The zero-order chi connectivity index (χ0) is 17.0. The molecule has 124 valence electrons. The first-order valence-electron chi connectivity index (χ1n) is 7.74. The minimum absolute atomic E-state index is 0.00732. The maximum Gasteiger partial charge on any atom is 0.160 e. The fourth-order valence-electron chi connectivity index (χ4n) is 2.55. The van der Waals surface area contributed by atoms with E-state index in [0.717, 1.165) is 22.6 Å². The van der Waals surface area contributed by atoms with Crippen LogP contribution in [0.25, 0.3) is 0 Å². The Morgan fingerprint density at radius 3 is 2.42 bits per heavy atom. The van der Waals surface area contributed by atoms with E-state index in [1.165, 1.54) is 16.9 Å². The Labute approximate surface area is 146 Å². The van der Waals surface area contributed by atoms with Crippen molar-refractivity contribution in [1.29, 1.82) is 0 Å². The van der Waals surface area contributed by atoms with Gasteiger partial charge in [0.25, 0.3) is 0 Å². The van der Waals surface area contributed by atoms with E-state index in [2.05, 4.69) is 17.1 Å². The Morgan fingerprint density at radius 2 is 1.67 bits per heavy atom. The predicted molar refractivity (Wildman–Crippen MR) is 98.9 cm³/mol. The second-order valence-electron chi connectivity index (χ2n) is 5.85. The van der Waals surface area contributed by atoms with E-state index >= 15 is 0 Å². The standard InChI is InChI=1S/C19H19NO2S2/c1-15-7-5-6-10-17(15)13-24(21,22)14-18-12-23-19(20-18)11-16-8-3-2-4-9-16/h2-10,12H,11,13-14H2,1H3. The number of rotatable bonds is 6. The molecule has 0 aliphatic rings. The first-order chi connectivity index (χ1) is 11.5. The molecule has 24 heavy (non-hydrogen) atoms. The van der Waals surface area contributed by atoms with Crippen LogP contribution in [0.5, 0.6) is 0 Å². The molecular weight excluding hydrogens is 338 g/mol. The second kappa shape index (κ2) is 7.28. The van der Waals surface area contributed by atoms with Gasteiger partial charge < -0.3 is 0 Å². The highest BCUT2D eigenvalue weighted by Crippen LogP contribution is 2.19. The molecule has 0 atom stereocenters. The van der Waals surface area contributed by atoms with E-state index in [1.807, 2.05) is 54.8 Å². The summed E-state index contributed by atoms with van der Waals surface area (Å²) in [6.45, 7) is 1.94. The molecule has 0 saturated heterocycles. The molecular formula is C19H19NO2S2. The van der Waals surface area contributed by atoms with E-state index in [0.29, 0.717) is 5.69 Å². The molecule has 0 aliphatic heterocycles. The number of thiazole rings is 1. The Balaban J connectivity index is 1.68. The number of sulfone groups is 1. The summed E-state index contributed by atoms with van der Waals surface area (Å²) in [6, 6.07) is 17.7. The highest BCUT2D eigenvalue weighted by Gasteiger charge is 2.16. The van der Waals surface area contributed by atoms with Crippen molar-refractivity contribution in [3.05, 3.63) is 87.4 Å². The van der Waals surface area contributed by atoms with Gasteiger partial charge in [-0.3, -0.25) is 0 Å². The predicted octanol–water partition coefficient (Wildman–Crippen LogP) is 4.16. The van der Waals surface area contributed by atoms with Crippen molar-refractivity contribution in [2.45, 2.75) is 24.9 Å². The van der Waals surface area contributed by atoms with Crippen LogP contribution in [-0.2, 0) is 27.8 Å². The minimum Gasteiger partial charge on any atom is -0.245 e. The molecule has 1 heterocycles. The third kappa shape index (κ3) is 4.52. The molecule has 0 fully saturated rings. The largest absolute Gasteiger partial charge is 0.245 e. The zero-order valence-corrected chi connectivity index (χ0v) is 15.1. The van der Waals surface area contributed by atoms with Crippen molar-refractivity contribution in [2.75, 3.05) is 0 Å². The Kier molecular flexibility index (Phi) is 5.11. The minimum atomic E-state index is -3.23. The van der Waals surface area contributed by atoms with E-state index in [9.17, 15) is 8.42 Å². The Morgan fingerprint density at radius 1 is 0.958 bits per heavy atom. The Hall–Kier alpha value is -1.98. The highest BCUT2D eigenvalue weighted by molar-refractivity contribution is 7.89. The normalized spacial score (nSPS) is 11.5. The molecule has 5 heteroatoms. The molecule has 3 aromatic rings. The van der Waals surface area contributed by atoms with Gasteiger partial charge in [-0.25, -0.2) is 13.4 Å². The van der Waals surface area contributed by atoms with Crippen LogP contribution in [0.1, 0.15) is 27.4 Å². The molecule has 0 saturated carbocycles. The monoisotopic (exact) mass is 357 g/mol. The van der Waals surface area contributed by atoms with E-state index in [4.69, 9.17) is 0 Å². The summed E-state index contributed by atoms with van der Waals surface area (Å²) in [6.07, 6.45) is 0.739. The zero-order valence-electron chi connectivity index (χ0n) is 13.5. The summed E-state index contributed by atoms with van der Waals surface area (Å²) in [5, 5.41) is 2.80. The van der Waals surface area contributed by atoms with Crippen molar-refractivity contribution < 1.29 is 8.42 Å². The summed E-state index contributed by atoms with van der Waals surface area (Å²) in [7, 11) is -3.23. The van der Waals surface area contributed by atoms with Crippen molar-refractivity contribution in [2.24, 2.45) is 0 Å². The van der Waals surface area contributed by atoms with Gasteiger partial charge in [0.15, 0.2) is 9.84 Å². The summed E-state index contributed by atoms with van der Waals surface area (Å²) >= 11 is 1.52. The molecule has 3 rings (SSSR count). The summed E-state index contributed by atoms with van der Waals surface area (Å²) < 4.78 is 24.9. The van der Waals surface area contributed by atoms with Crippen LogP contribution >= 0.6 is 11.3 Å². The topological polar surface area (TPSA) is 47.0 Å². The number of aryl methyl sites for hydroxylation is 1. The van der Waals surface area contributed by atoms with Gasteiger partial charge in [0, 0.05) is 11.8 Å². The smallest absolute Gasteiger partial charge is 0.160 e. The molecule has 0 radical (unpaired) electrons. The van der Waals surface area contributed by atoms with Crippen molar-refractivity contribution in [3.63, 3.8) is 0 Å². The van der Waals surface area contributed by atoms with Gasteiger partial charge in [0.05, 0.1) is 22.2 Å². The summed E-state index contributed by atoms with van der Waals surface area (Å²) in [5.74, 6) is 0.0534. The van der Waals surface area contributed by atoms with Crippen molar-refractivity contribution in [3.8, 4) is 0 Å². The first kappa shape index (κ1) is 16.9. The van der Waals surface area contributed by atoms with Crippen molar-refractivity contribution >= 4 is 21.2 Å². The number of aromatic nitrogens is 1. The third-order valence-electron chi connectivity index (χ3n) is 3.80. The van der Waals surface area contributed by atoms with Gasteiger partial charge in [-0.1, -0.05) is 54.6 Å². The SMILES string of the molecule is Cc1ccccc1CS(=O)(=O)Cc1csc(Cc2ccccc2)n1. The average molecular weight is 358 g/mol. The van der Waals surface area contributed by atoms with Gasteiger partial charge in [-0.05, 0) is 23.6 Å². The molecule has 0 amide bonds. The van der Waals surface area contributed by atoms with Gasteiger partial charge in [-0.15, -0.1) is 11.3 Å². The van der Waals surface area contributed by atoms with Gasteiger partial charge in [-0.2, -0.15) is 0 Å². The maximum atomic E-state index is 12.5. The molecule has 0 unspecified atom stereocenters. The molecule has 0 bridgehead atoms. The molecule has 0 spiro atoms. The summed E-state index contributed by atoms with van der Waals surface area (Å²) in [5.41, 5.74) is 3.68. The molecule has 3 nitrogen and oxygen atoms in total. The highest BCUT2D eigenvalue weighted by atomic mass is 32.2. The van der Waals surface area contributed by atoms with E-state index in [-0.39, 0.29) is 11.5 Å². The quantitative estimate of drug-likeness (QED) is 0.665. The van der Waals surface area contributed by atoms with Crippen LogP contribution in [-0.4, -0.2) is 13.4 Å². The van der Waals surface area contributed by atoms with Gasteiger partial charge >= 0.3 is 0 Å². The molecule has 1 aromatic heterocycles. The van der Waals surface area contributed by atoms with Crippen LogP contribution in [0.4, 0.5) is 0 Å². The average Bonchev–Trinajstić information content (AvgIpc) is 2.96. The van der Waals surface area contributed by atoms with Crippen LogP contribution in [0, 0.1) is 6.92 Å². The molecule has 2 aromatic carbocycles. The number of nitrogens with zero attached hydrogens (tertiary/aromatic N) is 1. The van der Waals surface area contributed by atoms with Crippen molar-refractivity contribution in [1.82, 2.24) is 4.98 Å². The number of benzene rings is 2. The van der Waals surface area contributed by atoms with Gasteiger partial charge in [0.2, 0.25) is 0 Å². The Bertz CT molecular complexity index is 915. The van der Waals surface area contributed by atoms with Gasteiger partial charge in [0.1, 0.15) is 0 Å². The van der Waals surface area contributed by atoms with E-state index < -0.39 is 9.84 Å². The fourth-order valence-corrected chi connectivity index (χ4v) is 4.98. The van der Waals surface area contributed by atoms with Crippen LogP contribution in [0.15, 0.2) is 60.0 Å². The fraction of sp³-hybridized carbons (Fsp3) is 0.211. The lowest BCUT2D eigenvalue weighted by Gasteiger charge is -2.06. The number of hydrogen-bond donors (Lipinski definition) is 0. The van der Waals surface area contributed by atoms with Crippen LogP contribution in [0.3, 0.4) is 0 Å². The lowest BCUT2D eigenvalue weighted by Crippen LogP contribution is -2.09. The second-order valence-corrected chi connectivity index (χ2v) is 8.86. The van der Waals surface area contributed by atoms with E-state index in [1.54, 1.807) is 0 Å².